The molecule has 1 aliphatic carbocycles. The molecule has 1 aliphatic rings. The number of carboxylic acid groups (broad SMARTS) is 1. The summed E-state index contributed by atoms with van der Waals surface area (Å²) in [6, 6.07) is 0.453. The maximum atomic E-state index is 10.8. The van der Waals surface area contributed by atoms with Crippen LogP contribution in [-0.4, -0.2) is 26.7 Å². The minimum absolute atomic E-state index is 0.113. The van der Waals surface area contributed by atoms with Gasteiger partial charge in [0.05, 0.1) is 0 Å². The average molecular weight is 223 g/mol. The van der Waals surface area contributed by atoms with E-state index < -0.39 is 5.97 Å². The quantitative estimate of drug-likeness (QED) is 0.818. The highest BCUT2D eigenvalue weighted by Crippen LogP contribution is 2.22. The molecule has 5 nitrogen and oxygen atoms in total. The van der Waals surface area contributed by atoms with E-state index in [0.717, 1.165) is 19.4 Å². The fraction of sp³-hybridized carbons (Fsp3) is 0.636. The fourth-order valence-corrected chi connectivity index (χ4v) is 2.13. The Balaban J connectivity index is 2.14. The van der Waals surface area contributed by atoms with Gasteiger partial charge in [0, 0.05) is 18.8 Å². The number of anilines is 1. The monoisotopic (exact) mass is 223 g/mol. The smallest absolute Gasteiger partial charge is 0.356 e. The molecular weight excluding hydrogens is 206 g/mol. The van der Waals surface area contributed by atoms with E-state index in [4.69, 9.17) is 5.11 Å². The van der Waals surface area contributed by atoms with E-state index in [1.54, 1.807) is 6.20 Å². The van der Waals surface area contributed by atoms with Crippen molar-refractivity contribution in [3.05, 3.63) is 11.9 Å². The van der Waals surface area contributed by atoms with Crippen molar-refractivity contribution in [2.24, 2.45) is 0 Å². The molecule has 0 aliphatic heterocycles. The highest BCUT2D eigenvalue weighted by atomic mass is 16.4. The minimum Gasteiger partial charge on any atom is -0.476 e. The fourth-order valence-electron chi connectivity index (χ4n) is 2.13. The van der Waals surface area contributed by atoms with Crippen LogP contribution in [0.15, 0.2) is 6.20 Å². The second-order valence-corrected chi connectivity index (χ2v) is 4.17. The van der Waals surface area contributed by atoms with Gasteiger partial charge in [-0.1, -0.05) is 12.8 Å². The number of nitrogens with zero attached hydrogens (tertiary/aromatic N) is 2. The van der Waals surface area contributed by atoms with Crippen LogP contribution in [0.2, 0.25) is 0 Å². The molecular formula is C11H17N3O2. The third-order valence-electron chi connectivity index (χ3n) is 3.02. The Hall–Kier alpha value is -1.52. The lowest BCUT2D eigenvalue weighted by Gasteiger charge is -2.13. The molecule has 88 valence electrons. The lowest BCUT2D eigenvalue weighted by molar-refractivity contribution is 0.0691. The largest absolute Gasteiger partial charge is 0.476 e. The Kier molecular flexibility index (Phi) is 3.12. The van der Waals surface area contributed by atoms with Gasteiger partial charge >= 0.3 is 5.97 Å². The molecule has 5 heteroatoms. The molecule has 1 aromatic rings. The van der Waals surface area contributed by atoms with Gasteiger partial charge in [-0.2, -0.15) is 0 Å². The Morgan fingerprint density at radius 1 is 1.62 bits per heavy atom. The normalized spacial score (nSPS) is 16.6. The number of imidazole rings is 1. The van der Waals surface area contributed by atoms with E-state index in [9.17, 15) is 4.79 Å². The van der Waals surface area contributed by atoms with Crippen LogP contribution in [0.4, 0.5) is 5.95 Å². The number of hydrogen-bond acceptors (Lipinski definition) is 3. The van der Waals surface area contributed by atoms with Crippen LogP contribution < -0.4 is 5.32 Å². The summed E-state index contributed by atoms with van der Waals surface area (Å²) in [5.74, 6) is -0.284. The van der Waals surface area contributed by atoms with Crippen LogP contribution in [0.25, 0.3) is 0 Å². The van der Waals surface area contributed by atoms with Crippen molar-refractivity contribution in [2.45, 2.75) is 45.2 Å². The molecule has 0 atom stereocenters. The van der Waals surface area contributed by atoms with Crippen molar-refractivity contribution < 1.29 is 9.90 Å². The zero-order valence-electron chi connectivity index (χ0n) is 9.44. The first-order valence-electron chi connectivity index (χ1n) is 5.77. The second-order valence-electron chi connectivity index (χ2n) is 4.17. The molecule has 0 amide bonds. The number of hydrogen-bond donors (Lipinski definition) is 2. The van der Waals surface area contributed by atoms with Gasteiger partial charge in [-0.15, -0.1) is 0 Å². The number of aryl methyl sites for hydroxylation is 1. The molecule has 1 saturated carbocycles. The highest BCUT2D eigenvalue weighted by Gasteiger charge is 2.18. The van der Waals surface area contributed by atoms with Gasteiger partial charge < -0.3 is 15.0 Å². The van der Waals surface area contributed by atoms with E-state index in [1.165, 1.54) is 12.8 Å². The van der Waals surface area contributed by atoms with Crippen LogP contribution in [0.3, 0.4) is 0 Å². The number of aromatic nitrogens is 2. The molecule has 0 bridgehead atoms. The van der Waals surface area contributed by atoms with Crippen LogP contribution in [0.5, 0.6) is 0 Å². The van der Waals surface area contributed by atoms with Gasteiger partial charge in [0.2, 0.25) is 5.95 Å². The highest BCUT2D eigenvalue weighted by molar-refractivity contribution is 5.85. The first-order valence-corrected chi connectivity index (χ1v) is 5.77. The predicted octanol–water partition coefficient (Wildman–Crippen LogP) is 1.96. The lowest BCUT2D eigenvalue weighted by Crippen LogP contribution is -2.17. The number of carbonyl (C=O) groups is 1. The van der Waals surface area contributed by atoms with E-state index in [-0.39, 0.29) is 5.69 Å². The van der Waals surface area contributed by atoms with Gasteiger partial charge in [0.1, 0.15) is 0 Å². The Morgan fingerprint density at radius 3 is 2.88 bits per heavy atom. The molecule has 1 heterocycles. The first-order chi connectivity index (χ1) is 7.70. The van der Waals surface area contributed by atoms with Crippen LogP contribution in [0, 0.1) is 0 Å². The van der Waals surface area contributed by atoms with Gasteiger partial charge in [0.25, 0.3) is 0 Å². The van der Waals surface area contributed by atoms with Crippen molar-refractivity contribution in [2.75, 3.05) is 5.32 Å². The lowest BCUT2D eigenvalue weighted by atomic mass is 10.2. The maximum absolute atomic E-state index is 10.8. The van der Waals surface area contributed by atoms with Crippen molar-refractivity contribution >= 4 is 11.9 Å². The van der Waals surface area contributed by atoms with Gasteiger partial charge in [-0.3, -0.25) is 0 Å². The molecule has 0 spiro atoms. The van der Waals surface area contributed by atoms with Gasteiger partial charge in [-0.25, -0.2) is 9.78 Å². The van der Waals surface area contributed by atoms with Crippen molar-refractivity contribution in [1.29, 1.82) is 0 Å². The van der Waals surface area contributed by atoms with Crippen LogP contribution in [0.1, 0.15) is 43.1 Å². The summed E-state index contributed by atoms with van der Waals surface area (Å²) in [5.41, 5.74) is 0.113. The van der Waals surface area contributed by atoms with Gasteiger partial charge in [-0.05, 0) is 19.8 Å². The Bertz CT molecular complexity index is 381. The number of carboxylic acids is 1. The minimum atomic E-state index is -0.971. The Labute approximate surface area is 94.5 Å². The first kappa shape index (κ1) is 11.0. The molecule has 2 rings (SSSR count). The average Bonchev–Trinajstić information content (AvgIpc) is 2.87. The third-order valence-corrected chi connectivity index (χ3v) is 3.02. The summed E-state index contributed by atoms with van der Waals surface area (Å²) >= 11 is 0. The second kappa shape index (κ2) is 4.55. The Morgan fingerprint density at radius 2 is 2.31 bits per heavy atom. The number of aromatic carboxylic acids is 1. The summed E-state index contributed by atoms with van der Waals surface area (Å²) in [4.78, 5) is 14.9. The number of nitrogens with one attached hydrogen (secondary N) is 1. The SMILES string of the molecule is CCn1cc(C(=O)O)nc1NC1CCCC1. The molecule has 16 heavy (non-hydrogen) atoms. The molecule has 1 fully saturated rings. The van der Waals surface area contributed by atoms with Crippen molar-refractivity contribution in [3.63, 3.8) is 0 Å². The molecule has 0 unspecified atom stereocenters. The molecule has 0 saturated heterocycles. The number of rotatable bonds is 4. The molecule has 2 N–H and O–H groups in total. The van der Waals surface area contributed by atoms with Gasteiger partial charge in [0.15, 0.2) is 5.69 Å². The zero-order chi connectivity index (χ0) is 11.5. The third kappa shape index (κ3) is 2.18. The predicted molar refractivity (Wildman–Crippen MR) is 60.7 cm³/mol. The maximum Gasteiger partial charge on any atom is 0.356 e. The molecule has 0 radical (unpaired) electrons. The van der Waals surface area contributed by atoms with Crippen molar-refractivity contribution in [3.8, 4) is 0 Å². The topological polar surface area (TPSA) is 67.2 Å². The summed E-state index contributed by atoms with van der Waals surface area (Å²) < 4.78 is 1.85. The van der Waals surface area contributed by atoms with E-state index >= 15 is 0 Å². The summed E-state index contributed by atoms with van der Waals surface area (Å²) in [6.45, 7) is 2.71. The van der Waals surface area contributed by atoms with E-state index in [0.29, 0.717) is 12.0 Å². The van der Waals surface area contributed by atoms with E-state index in [1.807, 2.05) is 11.5 Å². The molecule has 1 aromatic heterocycles. The van der Waals surface area contributed by atoms with Crippen LogP contribution in [-0.2, 0) is 6.54 Å². The van der Waals surface area contributed by atoms with E-state index in [2.05, 4.69) is 10.3 Å². The standard InChI is InChI=1S/C11H17N3O2/c1-2-14-7-9(10(15)16)13-11(14)12-8-5-3-4-6-8/h7-8H,2-6H2,1H3,(H,12,13)(H,15,16). The van der Waals surface area contributed by atoms with Crippen LogP contribution >= 0.6 is 0 Å². The summed E-state index contributed by atoms with van der Waals surface area (Å²) in [5, 5.41) is 12.2. The summed E-state index contributed by atoms with van der Waals surface area (Å²) in [6.07, 6.45) is 6.38. The zero-order valence-corrected chi connectivity index (χ0v) is 9.44. The van der Waals surface area contributed by atoms with Crippen molar-refractivity contribution in [1.82, 2.24) is 9.55 Å². The molecule has 0 aromatic carbocycles. The summed E-state index contributed by atoms with van der Waals surface area (Å²) in [7, 11) is 0.